The molecule has 10 heavy (non-hydrogen) atoms. The van der Waals surface area contributed by atoms with E-state index in [1.165, 1.54) is 29.9 Å². The Morgan fingerprint density at radius 2 is 2.30 bits per heavy atom. The van der Waals surface area contributed by atoms with Crippen molar-refractivity contribution in [3.8, 4) is 0 Å². The molecule has 0 unspecified atom stereocenters. The number of halogens is 2. The topological polar surface area (TPSA) is 55.4 Å². The fourth-order valence-corrected chi connectivity index (χ4v) is 2.15. The van der Waals surface area contributed by atoms with E-state index in [1.54, 1.807) is 0 Å². The zero-order valence-corrected chi connectivity index (χ0v) is 9.50. The molecule has 0 spiro atoms. The SMILES string of the molecule is CC(=O)N[I-]CC(=O)OI. The average molecular weight is 370 g/mol. The maximum atomic E-state index is 10.4. The predicted octanol–water partition coefficient (Wildman–Crippen LogP) is -2.98. The Morgan fingerprint density at radius 1 is 1.70 bits per heavy atom. The van der Waals surface area contributed by atoms with Gasteiger partial charge in [-0.2, -0.15) is 0 Å². The van der Waals surface area contributed by atoms with E-state index in [2.05, 4.69) is 6.60 Å². The summed E-state index contributed by atoms with van der Waals surface area (Å²) in [4.78, 5) is 20.7. The van der Waals surface area contributed by atoms with Crippen LogP contribution in [-0.2, 0) is 12.7 Å². The van der Waals surface area contributed by atoms with E-state index in [4.69, 9.17) is 0 Å². The van der Waals surface area contributed by atoms with Crippen molar-refractivity contribution in [2.45, 2.75) is 6.92 Å². The second kappa shape index (κ2) is 6.13. The molecule has 1 N–H and O–H groups in total. The van der Waals surface area contributed by atoms with Crippen molar-refractivity contribution in [3.05, 3.63) is 0 Å². The fraction of sp³-hybridized carbons (Fsp3) is 0.500. The Morgan fingerprint density at radius 3 is 2.70 bits per heavy atom. The van der Waals surface area contributed by atoms with E-state index in [0.717, 1.165) is 0 Å². The molecule has 0 rings (SSSR count). The van der Waals surface area contributed by atoms with Gasteiger partial charge in [0.2, 0.25) is 0 Å². The minimum absolute atomic E-state index is 0.0888. The van der Waals surface area contributed by atoms with Gasteiger partial charge in [-0.25, -0.2) is 0 Å². The van der Waals surface area contributed by atoms with Crippen LogP contribution in [0.5, 0.6) is 0 Å². The van der Waals surface area contributed by atoms with Crippen molar-refractivity contribution in [2.24, 2.45) is 0 Å². The van der Waals surface area contributed by atoms with Gasteiger partial charge >= 0.3 is 83.9 Å². The van der Waals surface area contributed by atoms with Crippen LogP contribution < -0.4 is 25.0 Å². The molecule has 0 aliphatic heterocycles. The summed E-state index contributed by atoms with van der Waals surface area (Å²) >= 11 is 0.985. The summed E-state index contributed by atoms with van der Waals surface area (Å²) in [6.07, 6.45) is 0. The maximum absolute atomic E-state index is 10.4. The zero-order chi connectivity index (χ0) is 7.98. The van der Waals surface area contributed by atoms with E-state index in [1.807, 2.05) is 0 Å². The second-order valence-corrected chi connectivity index (χ2v) is 3.87. The Hall–Kier alpha value is 0.400. The van der Waals surface area contributed by atoms with Crippen molar-refractivity contribution >= 4 is 34.9 Å². The third-order valence-electron chi connectivity index (χ3n) is 0.462. The van der Waals surface area contributed by atoms with Gasteiger partial charge < -0.3 is 0 Å². The van der Waals surface area contributed by atoms with Crippen LogP contribution in [-0.4, -0.2) is 16.3 Å². The molecule has 0 aromatic heterocycles. The number of carbonyl (C=O) groups excluding carboxylic acids is 2. The van der Waals surface area contributed by atoms with Crippen LogP contribution >= 0.6 is 23.0 Å². The van der Waals surface area contributed by atoms with Crippen LogP contribution in [0.25, 0.3) is 0 Å². The molecule has 0 aliphatic rings. The van der Waals surface area contributed by atoms with Gasteiger partial charge in [0.1, 0.15) is 0 Å². The van der Waals surface area contributed by atoms with Crippen molar-refractivity contribution in [1.82, 2.24) is 3.53 Å². The molecule has 0 aromatic carbocycles. The van der Waals surface area contributed by atoms with E-state index >= 15 is 0 Å². The summed E-state index contributed by atoms with van der Waals surface area (Å²) in [5.41, 5.74) is 0. The fourth-order valence-electron chi connectivity index (χ4n) is 0.203. The van der Waals surface area contributed by atoms with Crippen molar-refractivity contribution in [3.63, 3.8) is 0 Å². The molecule has 0 fully saturated rings. The third kappa shape index (κ3) is 6.52. The molecule has 0 aromatic rings. The monoisotopic (exact) mass is 370 g/mol. The summed E-state index contributed by atoms with van der Waals surface area (Å²) in [5, 5.41) is 0. The van der Waals surface area contributed by atoms with Crippen LogP contribution in [0.2, 0.25) is 0 Å². The predicted molar refractivity (Wildman–Crippen MR) is 38.8 cm³/mol. The Balaban J connectivity index is 3.20. The third-order valence-corrected chi connectivity index (χ3v) is 3.10. The molecule has 0 saturated carbocycles. The first kappa shape index (κ1) is 10.4. The van der Waals surface area contributed by atoms with Gasteiger partial charge in [0, 0.05) is 0 Å². The second-order valence-electron chi connectivity index (χ2n) is 1.37. The van der Waals surface area contributed by atoms with Gasteiger partial charge in [0.25, 0.3) is 0 Å². The standard InChI is InChI=1S/C4H6I2NO3/c1-3(8)7-6-2-4(9)10-5/h2H2,1H3,(H,7,8)/q-1. The normalized spacial score (nSPS) is 9.00. The Labute approximate surface area is 83.4 Å². The average Bonchev–Trinajstić information content (AvgIpc) is 1.87. The van der Waals surface area contributed by atoms with Crippen LogP contribution in [0, 0.1) is 0 Å². The molecule has 4 nitrogen and oxygen atoms in total. The van der Waals surface area contributed by atoms with Crippen LogP contribution in [0.3, 0.4) is 0 Å². The number of hydrogen-bond donors (Lipinski definition) is 1. The van der Waals surface area contributed by atoms with E-state index in [-0.39, 0.29) is 11.9 Å². The molecule has 0 radical (unpaired) electrons. The molecular formula is C4H6I2NO3-. The molecular weight excluding hydrogens is 364 g/mol. The molecule has 0 atom stereocenters. The summed E-state index contributed by atoms with van der Waals surface area (Å²) in [6.45, 7) is 1.43. The van der Waals surface area contributed by atoms with Gasteiger partial charge in [-0.1, -0.05) is 0 Å². The van der Waals surface area contributed by atoms with Gasteiger partial charge in [-0.3, -0.25) is 0 Å². The van der Waals surface area contributed by atoms with Gasteiger partial charge in [0.15, 0.2) is 0 Å². The van der Waals surface area contributed by atoms with Crippen molar-refractivity contribution < 1.29 is 34.1 Å². The summed E-state index contributed by atoms with van der Waals surface area (Å²) in [5.74, 6) is -0.365. The Bertz CT molecular complexity index is 138. The molecule has 6 heteroatoms. The summed E-state index contributed by atoms with van der Waals surface area (Å²) in [6, 6.07) is 0. The molecule has 60 valence electrons. The van der Waals surface area contributed by atoms with Crippen molar-refractivity contribution in [2.75, 3.05) is 4.43 Å². The first-order valence-electron chi connectivity index (χ1n) is 2.33. The van der Waals surface area contributed by atoms with Gasteiger partial charge in [-0.05, 0) is 0 Å². The van der Waals surface area contributed by atoms with E-state index < -0.39 is 21.5 Å². The number of nitrogens with one attached hydrogen (secondary N) is 1. The molecule has 0 saturated heterocycles. The first-order valence-corrected chi connectivity index (χ1v) is 5.81. The molecule has 0 aliphatic carbocycles. The zero-order valence-electron chi connectivity index (χ0n) is 5.19. The number of carbonyl (C=O) groups is 2. The molecule has 0 heterocycles. The van der Waals surface area contributed by atoms with Crippen LogP contribution in [0.4, 0.5) is 0 Å². The first-order chi connectivity index (χ1) is 4.66. The quantitative estimate of drug-likeness (QED) is 0.328. The van der Waals surface area contributed by atoms with Crippen LogP contribution in [0.1, 0.15) is 6.92 Å². The summed E-state index contributed by atoms with van der Waals surface area (Å²) in [7, 11) is 0. The Kier molecular flexibility index (Phi) is 6.38. The summed E-state index contributed by atoms with van der Waals surface area (Å²) < 4.78 is 7.25. The van der Waals surface area contributed by atoms with Gasteiger partial charge in [0.05, 0.1) is 0 Å². The number of rotatable bonds is 3. The van der Waals surface area contributed by atoms with E-state index in [9.17, 15) is 9.59 Å². The van der Waals surface area contributed by atoms with E-state index in [0.29, 0.717) is 4.43 Å². The minimum atomic E-state index is -0.541. The number of alkyl halides is 1. The number of hydrogen-bond acceptors (Lipinski definition) is 3. The molecule has 1 amide bonds. The van der Waals surface area contributed by atoms with Gasteiger partial charge in [-0.15, -0.1) is 0 Å². The van der Waals surface area contributed by atoms with Crippen molar-refractivity contribution in [1.29, 1.82) is 0 Å². The molecule has 0 bridgehead atoms. The van der Waals surface area contributed by atoms with Crippen LogP contribution in [0.15, 0.2) is 0 Å². The number of amides is 1.